The number of amides is 1. The van der Waals surface area contributed by atoms with Crippen LogP contribution in [0.4, 0.5) is 13.2 Å². The molecule has 1 aromatic rings. The predicted molar refractivity (Wildman–Crippen MR) is 70.7 cm³/mol. The highest BCUT2D eigenvalue weighted by atomic mass is 19.4. The number of rotatable bonds is 5. The summed E-state index contributed by atoms with van der Waals surface area (Å²) in [6.45, 7) is 3.17. The molecular formula is C13H19F3N4O2. The lowest BCUT2D eigenvalue weighted by Gasteiger charge is -2.38. The van der Waals surface area contributed by atoms with Gasteiger partial charge in [0.25, 0.3) is 5.82 Å². The van der Waals surface area contributed by atoms with Crippen molar-refractivity contribution in [2.45, 2.75) is 44.9 Å². The van der Waals surface area contributed by atoms with Gasteiger partial charge in [-0.2, -0.15) is 18.2 Å². The number of hydrogen-bond acceptors (Lipinski definition) is 5. The van der Waals surface area contributed by atoms with Gasteiger partial charge in [0, 0.05) is 20.1 Å². The number of hydrogen-bond donors (Lipinski definition) is 0. The SMILES string of the molecule is CCCC[C@H]1C(=O)N(C)CCN1Cc1nc(C(F)(F)F)no1. The van der Waals surface area contributed by atoms with Crippen LogP contribution in [-0.4, -0.2) is 52.0 Å². The fraction of sp³-hybridized carbons (Fsp3) is 0.769. The molecule has 22 heavy (non-hydrogen) atoms. The van der Waals surface area contributed by atoms with Crippen molar-refractivity contribution < 1.29 is 22.5 Å². The van der Waals surface area contributed by atoms with Gasteiger partial charge in [-0.15, -0.1) is 0 Å². The second kappa shape index (κ2) is 6.64. The zero-order valence-electron chi connectivity index (χ0n) is 12.6. The summed E-state index contributed by atoms with van der Waals surface area (Å²) >= 11 is 0. The fourth-order valence-corrected chi connectivity index (χ4v) is 2.46. The van der Waals surface area contributed by atoms with E-state index >= 15 is 0 Å². The second-order valence-corrected chi connectivity index (χ2v) is 5.40. The van der Waals surface area contributed by atoms with Crippen LogP contribution in [0.2, 0.25) is 0 Å². The van der Waals surface area contributed by atoms with E-state index in [1.807, 2.05) is 11.8 Å². The van der Waals surface area contributed by atoms with E-state index in [0.717, 1.165) is 12.8 Å². The number of halogens is 3. The normalized spacial score (nSPS) is 20.7. The summed E-state index contributed by atoms with van der Waals surface area (Å²) in [5.41, 5.74) is 0. The smallest absolute Gasteiger partial charge is 0.343 e. The van der Waals surface area contributed by atoms with Gasteiger partial charge in [0.15, 0.2) is 0 Å². The molecule has 0 unspecified atom stereocenters. The van der Waals surface area contributed by atoms with Crippen LogP contribution in [0.15, 0.2) is 4.52 Å². The number of carbonyl (C=O) groups is 1. The Balaban J connectivity index is 2.08. The molecule has 2 heterocycles. The van der Waals surface area contributed by atoms with Crippen molar-refractivity contribution in [3.05, 3.63) is 11.7 Å². The number of carbonyl (C=O) groups excluding carboxylic acids is 1. The first-order valence-corrected chi connectivity index (χ1v) is 7.21. The summed E-state index contributed by atoms with van der Waals surface area (Å²) in [5.74, 6) is -1.42. The molecule has 0 radical (unpaired) electrons. The number of nitrogens with zero attached hydrogens (tertiary/aromatic N) is 4. The largest absolute Gasteiger partial charge is 0.455 e. The van der Waals surface area contributed by atoms with Gasteiger partial charge in [0.1, 0.15) is 0 Å². The van der Waals surface area contributed by atoms with Gasteiger partial charge in [-0.1, -0.05) is 24.9 Å². The highest BCUT2D eigenvalue weighted by Crippen LogP contribution is 2.27. The summed E-state index contributed by atoms with van der Waals surface area (Å²) in [4.78, 5) is 19.1. The highest BCUT2D eigenvalue weighted by molar-refractivity contribution is 5.82. The van der Waals surface area contributed by atoms with E-state index in [2.05, 4.69) is 14.7 Å². The summed E-state index contributed by atoms with van der Waals surface area (Å²) in [6.07, 6.45) is -2.14. The molecule has 124 valence electrons. The first-order chi connectivity index (χ1) is 10.3. The molecule has 1 amide bonds. The minimum Gasteiger partial charge on any atom is -0.343 e. The van der Waals surface area contributed by atoms with Gasteiger partial charge in [-0.05, 0) is 6.42 Å². The second-order valence-electron chi connectivity index (χ2n) is 5.40. The van der Waals surface area contributed by atoms with Gasteiger partial charge in [0.2, 0.25) is 11.8 Å². The van der Waals surface area contributed by atoms with Gasteiger partial charge in [-0.3, -0.25) is 9.69 Å². The van der Waals surface area contributed by atoms with Gasteiger partial charge >= 0.3 is 6.18 Å². The number of unbranched alkanes of at least 4 members (excludes halogenated alkanes) is 1. The molecule has 9 heteroatoms. The van der Waals surface area contributed by atoms with Crippen LogP contribution < -0.4 is 0 Å². The third kappa shape index (κ3) is 3.76. The van der Waals surface area contributed by atoms with Crippen LogP contribution in [0.3, 0.4) is 0 Å². The van der Waals surface area contributed by atoms with Crippen LogP contribution in [0, 0.1) is 0 Å². The van der Waals surface area contributed by atoms with Crippen molar-refractivity contribution in [1.82, 2.24) is 19.9 Å². The molecule has 1 fully saturated rings. The summed E-state index contributed by atoms with van der Waals surface area (Å²) < 4.78 is 42.1. The molecule has 2 rings (SSSR count). The topological polar surface area (TPSA) is 62.5 Å². The van der Waals surface area contributed by atoms with E-state index < -0.39 is 12.0 Å². The predicted octanol–water partition coefficient (Wildman–Crippen LogP) is 1.92. The molecule has 0 N–H and O–H groups in total. The molecule has 1 aliphatic rings. The molecular weight excluding hydrogens is 301 g/mol. The molecule has 1 atom stereocenters. The molecule has 0 spiro atoms. The standard InChI is InChI=1S/C13H19F3N4O2/c1-3-4-5-9-11(21)19(2)6-7-20(9)8-10-17-12(18-22-10)13(14,15)16/h9H,3-8H2,1-2H3/t9-/m0/s1. The van der Waals surface area contributed by atoms with Gasteiger partial charge in [0.05, 0.1) is 12.6 Å². The van der Waals surface area contributed by atoms with Gasteiger partial charge in [-0.25, -0.2) is 0 Å². The highest BCUT2D eigenvalue weighted by Gasteiger charge is 2.38. The van der Waals surface area contributed by atoms with E-state index in [-0.39, 0.29) is 24.4 Å². The lowest BCUT2D eigenvalue weighted by atomic mass is 10.0. The molecule has 1 aromatic heterocycles. The molecule has 0 saturated carbocycles. The molecule has 1 aliphatic heterocycles. The Hall–Kier alpha value is -1.64. The first kappa shape index (κ1) is 16.7. The monoisotopic (exact) mass is 320 g/mol. The summed E-state index contributed by atoms with van der Waals surface area (Å²) in [6, 6.07) is -0.347. The summed E-state index contributed by atoms with van der Waals surface area (Å²) in [5, 5.41) is 2.94. The maximum absolute atomic E-state index is 12.5. The average Bonchev–Trinajstić information content (AvgIpc) is 2.91. The third-order valence-corrected chi connectivity index (χ3v) is 3.72. The molecule has 6 nitrogen and oxygen atoms in total. The van der Waals surface area contributed by atoms with Crippen LogP contribution in [0.5, 0.6) is 0 Å². The zero-order valence-corrected chi connectivity index (χ0v) is 12.6. The minimum absolute atomic E-state index is 0.0183. The number of alkyl halides is 3. The van der Waals surface area contributed by atoms with Crippen molar-refractivity contribution in [3.63, 3.8) is 0 Å². The Morgan fingerprint density at radius 1 is 1.36 bits per heavy atom. The Morgan fingerprint density at radius 2 is 2.09 bits per heavy atom. The van der Waals surface area contributed by atoms with Crippen molar-refractivity contribution in [2.75, 3.05) is 20.1 Å². The first-order valence-electron chi connectivity index (χ1n) is 7.21. The van der Waals surface area contributed by atoms with Crippen molar-refractivity contribution in [1.29, 1.82) is 0 Å². The van der Waals surface area contributed by atoms with E-state index in [9.17, 15) is 18.0 Å². The van der Waals surface area contributed by atoms with Gasteiger partial charge < -0.3 is 9.42 Å². The number of aromatic nitrogens is 2. The molecule has 0 bridgehead atoms. The number of likely N-dealkylation sites (N-methyl/N-ethyl adjacent to an activating group) is 1. The van der Waals surface area contributed by atoms with E-state index in [0.29, 0.717) is 19.5 Å². The fourth-order valence-electron chi connectivity index (χ4n) is 2.46. The van der Waals surface area contributed by atoms with Crippen molar-refractivity contribution >= 4 is 5.91 Å². The summed E-state index contributed by atoms with van der Waals surface area (Å²) in [7, 11) is 1.73. The molecule has 0 aliphatic carbocycles. The Kier molecular flexibility index (Phi) is 5.05. The quantitative estimate of drug-likeness (QED) is 0.829. The molecule has 0 aromatic carbocycles. The Bertz CT molecular complexity index is 518. The third-order valence-electron chi connectivity index (χ3n) is 3.72. The molecule has 1 saturated heterocycles. The average molecular weight is 320 g/mol. The lowest BCUT2D eigenvalue weighted by molar-refractivity contribution is -0.146. The zero-order chi connectivity index (χ0) is 16.3. The van der Waals surface area contributed by atoms with E-state index in [4.69, 9.17) is 0 Å². The number of piperazine rings is 1. The van der Waals surface area contributed by atoms with Crippen molar-refractivity contribution in [2.24, 2.45) is 0 Å². The Morgan fingerprint density at radius 3 is 2.68 bits per heavy atom. The van der Waals surface area contributed by atoms with Crippen LogP contribution in [-0.2, 0) is 17.5 Å². The maximum Gasteiger partial charge on any atom is 0.455 e. The minimum atomic E-state index is -4.62. The van der Waals surface area contributed by atoms with Crippen molar-refractivity contribution in [3.8, 4) is 0 Å². The lowest BCUT2D eigenvalue weighted by Crippen LogP contribution is -2.55. The van der Waals surface area contributed by atoms with Crippen LogP contribution >= 0.6 is 0 Å². The Labute approximate surface area is 126 Å². The van der Waals surface area contributed by atoms with E-state index in [1.54, 1.807) is 11.9 Å². The van der Waals surface area contributed by atoms with Crippen LogP contribution in [0.1, 0.15) is 37.9 Å². The van der Waals surface area contributed by atoms with Crippen LogP contribution in [0.25, 0.3) is 0 Å². The maximum atomic E-state index is 12.5. The van der Waals surface area contributed by atoms with E-state index in [1.165, 1.54) is 0 Å².